The highest BCUT2D eigenvalue weighted by molar-refractivity contribution is 6.30. The summed E-state index contributed by atoms with van der Waals surface area (Å²) in [6.45, 7) is 5.51. The average molecular weight is 327 g/mol. The summed E-state index contributed by atoms with van der Waals surface area (Å²) in [5.41, 5.74) is 2.97. The van der Waals surface area contributed by atoms with Gasteiger partial charge in [0.05, 0.1) is 0 Å². The Morgan fingerprint density at radius 2 is 1.83 bits per heavy atom. The Kier molecular flexibility index (Phi) is 5.02. The highest BCUT2D eigenvalue weighted by atomic mass is 35.5. The molecule has 0 N–H and O–H groups in total. The lowest BCUT2D eigenvalue weighted by atomic mass is 9.90. The minimum absolute atomic E-state index is 0.131. The number of likely N-dealkylation sites (tertiary alicyclic amines) is 1. The van der Waals surface area contributed by atoms with E-state index in [0.29, 0.717) is 5.92 Å². The van der Waals surface area contributed by atoms with Gasteiger partial charge in [-0.05, 0) is 67.5 Å². The molecule has 1 aliphatic rings. The number of piperidine rings is 1. The lowest BCUT2D eigenvalue weighted by molar-refractivity contribution is 0.0690. The first-order valence-corrected chi connectivity index (χ1v) is 8.45. The summed E-state index contributed by atoms with van der Waals surface area (Å²) in [4.78, 5) is 14.5. The number of nitrogens with zero attached hydrogens (tertiary/aromatic N) is 1. The molecule has 1 amide bonds. The number of amides is 1. The molecule has 1 radical (unpaired) electrons. The minimum atomic E-state index is 0.131. The molecule has 0 unspecified atom stereocenters. The third-order valence-corrected chi connectivity index (χ3v) is 4.75. The number of hydrogen-bond acceptors (Lipinski definition) is 1. The highest BCUT2D eigenvalue weighted by Crippen LogP contribution is 2.24. The SMILES string of the molecule is [CH2]c1ccc(C(=O)N2CCC(Cc3cccc(Cl)c3)CC2)cc1. The fourth-order valence-electron chi connectivity index (χ4n) is 3.17. The van der Waals surface area contributed by atoms with Gasteiger partial charge in [0, 0.05) is 23.7 Å². The minimum Gasteiger partial charge on any atom is -0.339 e. The zero-order chi connectivity index (χ0) is 16.2. The highest BCUT2D eigenvalue weighted by Gasteiger charge is 2.23. The maximum atomic E-state index is 12.5. The van der Waals surface area contributed by atoms with Crippen LogP contribution in [0.4, 0.5) is 0 Å². The van der Waals surface area contributed by atoms with E-state index in [1.165, 1.54) is 5.56 Å². The van der Waals surface area contributed by atoms with Gasteiger partial charge in [0.25, 0.3) is 5.91 Å². The van der Waals surface area contributed by atoms with E-state index in [4.69, 9.17) is 11.6 Å². The van der Waals surface area contributed by atoms with Gasteiger partial charge in [0.2, 0.25) is 0 Å². The van der Waals surface area contributed by atoms with Crippen LogP contribution in [0, 0.1) is 12.8 Å². The molecule has 1 aliphatic heterocycles. The molecular weight excluding hydrogens is 306 g/mol. The van der Waals surface area contributed by atoms with E-state index in [-0.39, 0.29) is 5.91 Å². The Bertz CT molecular complexity index is 672. The van der Waals surface area contributed by atoms with Gasteiger partial charge in [0.15, 0.2) is 0 Å². The molecule has 2 nitrogen and oxygen atoms in total. The quantitative estimate of drug-likeness (QED) is 0.806. The Hall–Kier alpha value is -1.80. The molecule has 1 saturated heterocycles. The van der Waals surface area contributed by atoms with Crippen molar-refractivity contribution < 1.29 is 4.79 Å². The Morgan fingerprint density at radius 3 is 2.48 bits per heavy atom. The standard InChI is InChI=1S/C20H21ClNO/c1-15-5-7-18(8-6-15)20(23)22-11-9-16(10-12-22)13-17-3-2-4-19(21)14-17/h2-8,14,16H,1,9-13H2. The Balaban J connectivity index is 1.55. The fourth-order valence-corrected chi connectivity index (χ4v) is 3.38. The molecule has 0 aromatic heterocycles. The molecule has 0 aliphatic carbocycles. The number of hydrogen-bond donors (Lipinski definition) is 0. The van der Waals surface area contributed by atoms with Crippen LogP contribution in [0.15, 0.2) is 48.5 Å². The van der Waals surface area contributed by atoms with Crippen LogP contribution in [0.1, 0.15) is 34.3 Å². The van der Waals surface area contributed by atoms with E-state index < -0.39 is 0 Å². The summed E-state index contributed by atoms with van der Waals surface area (Å²) in [6.07, 6.45) is 3.14. The van der Waals surface area contributed by atoms with Crippen molar-refractivity contribution in [3.05, 3.63) is 77.2 Å². The summed E-state index contributed by atoms with van der Waals surface area (Å²) >= 11 is 6.05. The number of halogens is 1. The van der Waals surface area contributed by atoms with E-state index in [1.54, 1.807) is 0 Å². The van der Waals surface area contributed by atoms with Gasteiger partial charge in [-0.15, -0.1) is 0 Å². The second-order valence-corrected chi connectivity index (χ2v) is 6.70. The van der Waals surface area contributed by atoms with E-state index in [1.807, 2.05) is 47.4 Å². The van der Waals surface area contributed by atoms with Gasteiger partial charge in [-0.25, -0.2) is 0 Å². The molecule has 0 spiro atoms. The largest absolute Gasteiger partial charge is 0.339 e. The van der Waals surface area contributed by atoms with Gasteiger partial charge in [-0.2, -0.15) is 0 Å². The zero-order valence-corrected chi connectivity index (χ0v) is 13.9. The molecule has 1 fully saturated rings. The molecule has 0 saturated carbocycles. The van der Waals surface area contributed by atoms with Gasteiger partial charge in [-0.1, -0.05) is 35.9 Å². The van der Waals surface area contributed by atoms with Crippen molar-refractivity contribution in [2.75, 3.05) is 13.1 Å². The molecule has 2 aromatic carbocycles. The van der Waals surface area contributed by atoms with Crippen LogP contribution in [0.2, 0.25) is 5.02 Å². The molecule has 0 bridgehead atoms. The van der Waals surface area contributed by atoms with Crippen LogP contribution >= 0.6 is 11.6 Å². The second-order valence-electron chi connectivity index (χ2n) is 6.27. The number of carbonyl (C=O) groups is 1. The molecule has 2 aromatic rings. The average Bonchev–Trinajstić information content (AvgIpc) is 2.56. The maximum absolute atomic E-state index is 12.5. The maximum Gasteiger partial charge on any atom is 0.253 e. The summed E-state index contributed by atoms with van der Waals surface area (Å²) in [5, 5.41) is 0.795. The lowest BCUT2D eigenvalue weighted by Crippen LogP contribution is -2.38. The lowest BCUT2D eigenvalue weighted by Gasteiger charge is -2.32. The van der Waals surface area contributed by atoms with Gasteiger partial charge in [-0.3, -0.25) is 4.79 Å². The van der Waals surface area contributed by atoms with E-state index in [2.05, 4.69) is 13.0 Å². The van der Waals surface area contributed by atoms with Crippen molar-refractivity contribution in [3.63, 3.8) is 0 Å². The number of rotatable bonds is 3. The van der Waals surface area contributed by atoms with Gasteiger partial charge in [0.1, 0.15) is 0 Å². The van der Waals surface area contributed by atoms with E-state index >= 15 is 0 Å². The Morgan fingerprint density at radius 1 is 1.13 bits per heavy atom. The van der Waals surface area contributed by atoms with Crippen LogP contribution in [0.25, 0.3) is 0 Å². The van der Waals surface area contributed by atoms with Crippen LogP contribution in [-0.2, 0) is 6.42 Å². The van der Waals surface area contributed by atoms with Crippen LogP contribution in [0.3, 0.4) is 0 Å². The first-order valence-electron chi connectivity index (χ1n) is 8.07. The molecule has 119 valence electrons. The molecule has 0 atom stereocenters. The van der Waals surface area contributed by atoms with Crippen LogP contribution in [-0.4, -0.2) is 23.9 Å². The van der Waals surface area contributed by atoms with Crippen molar-refractivity contribution >= 4 is 17.5 Å². The molecule has 3 heteroatoms. The topological polar surface area (TPSA) is 20.3 Å². The summed E-state index contributed by atoms with van der Waals surface area (Å²) in [5.74, 6) is 0.756. The normalized spacial score (nSPS) is 15.7. The first-order chi connectivity index (χ1) is 11.1. The summed E-state index contributed by atoms with van der Waals surface area (Å²) < 4.78 is 0. The Labute approximate surface area is 143 Å². The summed E-state index contributed by atoms with van der Waals surface area (Å²) in [7, 11) is 0. The smallest absolute Gasteiger partial charge is 0.253 e. The predicted octanol–water partition coefficient (Wildman–Crippen LogP) is 4.62. The fraction of sp³-hybridized carbons (Fsp3) is 0.300. The van der Waals surface area contributed by atoms with Crippen molar-refractivity contribution in [2.24, 2.45) is 5.92 Å². The van der Waals surface area contributed by atoms with Gasteiger partial charge >= 0.3 is 0 Å². The molecule has 23 heavy (non-hydrogen) atoms. The van der Waals surface area contributed by atoms with E-state index in [0.717, 1.165) is 48.5 Å². The third kappa shape index (κ3) is 4.14. The monoisotopic (exact) mass is 326 g/mol. The molecular formula is C20H21ClNO. The zero-order valence-electron chi connectivity index (χ0n) is 13.2. The van der Waals surface area contributed by atoms with E-state index in [9.17, 15) is 4.79 Å². The van der Waals surface area contributed by atoms with Gasteiger partial charge < -0.3 is 4.90 Å². The first kappa shape index (κ1) is 16.1. The molecule has 1 heterocycles. The second kappa shape index (κ2) is 7.18. The molecule has 3 rings (SSSR count). The number of benzene rings is 2. The number of carbonyl (C=O) groups excluding carboxylic acids is 1. The van der Waals surface area contributed by atoms with Crippen LogP contribution in [0.5, 0.6) is 0 Å². The van der Waals surface area contributed by atoms with Crippen molar-refractivity contribution in [2.45, 2.75) is 19.3 Å². The third-order valence-electron chi connectivity index (χ3n) is 4.52. The predicted molar refractivity (Wildman–Crippen MR) is 94.7 cm³/mol. The van der Waals surface area contributed by atoms with Crippen molar-refractivity contribution in [3.8, 4) is 0 Å². The van der Waals surface area contributed by atoms with Crippen LogP contribution < -0.4 is 0 Å². The van der Waals surface area contributed by atoms with Crippen molar-refractivity contribution in [1.29, 1.82) is 0 Å². The van der Waals surface area contributed by atoms with Crippen molar-refractivity contribution in [1.82, 2.24) is 4.90 Å². The summed E-state index contributed by atoms with van der Waals surface area (Å²) in [6, 6.07) is 15.6.